The van der Waals surface area contributed by atoms with Crippen LogP contribution in [-0.4, -0.2) is 69.3 Å². The minimum absolute atomic E-state index is 0.0370. The van der Waals surface area contributed by atoms with Gasteiger partial charge in [0.25, 0.3) is 10.0 Å². The smallest absolute Gasteiger partial charge is 0.328 e. The summed E-state index contributed by atoms with van der Waals surface area (Å²) in [5.74, 6) is -2.52. The summed E-state index contributed by atoms with van der Waals surface area (Å²) in [6.45, 7) is 1.70. The summed E-state index contributed by atoms with van der Waals surface area (Å²) in [7, 11) is -1.37. The van der Waals surface area contributed by atoms with Gasteiger partial charge in [-0.15, -0.1) is 0 Å². The number of hydrogen-bond donors (Lipinski definition) is 2. The van der Waals surface area contributed by atoms with Crippen molar-refractivity contribution in [3.8, 4) is 0 Å². The fourth-order valence-corrected chi connectivity index (χ4v) is 5.69. The number of amides is 2. The van der Waals surface area contributed by atoms with Crippen LogP contribution in [-0.2, 0) is 38.7 Å². The molecule has 0 saturated carbocycles. The van der Waals surface area contributed by atoms with Gasteiger partial charge in [0, 0.05) is 24.1 Å². The third-order valence-electron chi connectivity index (χ3n) is 5.72. The van der Waals surface area contributed by atoms with Crippen molar-refractivity contribution in [2.75, 3.05) is 20.8 Å². The van der Waals surface area contributed by atoms with Crippen LogP contribution in [0.2, 0.25) is 0 Å². The number of nitrogens with zero attached hydrogens (tertiary/aromatic N) is 1. The highest BCUT2D eigenvalue weighted by atomic mass is 32.2. The van der Waals surface area contributed by atoms with Gasteiger partial charge in [0.05, 0.1) is 24.8 Å². The zero-order valence-corrected chi connectivity index (χ0v) is 19.9. The number of ether oxygens (including phenoxy) is 2. The Morgan fingerprint density at radius 2 is 1.79 bits per heavy atom. The quantitative estimate of drug-likeness (QED) is 0.492. The van der Waals surface area contributed by atoms with Crippen LogP contribution in [0.25, 0.3) is 5.70 Å². The Morgan fingerprint density at radius 1 is 1.09 bits per heavy atom. The minimum atomic E-state index is -3.73. The van der Waals surface area contributed by atoms with E-state index in [0.717, 1.165) is 7.11 Å². The van der Waals surface area contributed by atoms with Gasteiger partial charge in [0.1, 0.15) is 12.1 Å². The molecule has 0 bridgehead atoms. The molecule has 2 amide bonds. The number of benzene rings is 1. The molecule has 0 saturated heterocycles. The van der Waals surface area contributed by atoms with Crippen molar-refractivity contribution >= 4 is 39.5 Å². The van der Waals surface area contributed by atoms with E-state index in [-0.39, 0.29) is 29.9 Å². The Bertz CT molecular complexity index is 1140. The first-order valence-electron chi connectivity index (χ1n) is 10.7. The highest BCUT2D eigenvalue weighted by Gasteiger charge is 2.42. The van der Waals surface area contributed by atoms with Crippen LogP contribution >= 0.6 is 0 Å². The predicted molar refractivity (Wildman–Crippen MR) is 119 cm³/mol. The lowest BCUT2D eigenvalue weighted by atomic mass is 9.98. The van der Waals surface area contributed by atoms with Crippen LogP contribution in [0.1, 0.15) is 38.2 Å². The van der Waals surface area contributed by atoms with E-state index in [2.05, 4.69) is 20.1 Å². The average molecular weight is 494 g/mol. The van der Waals surface area contributed by atoms with Crippen molar-refractivity contribution < 1.29 is 37.1 Å². The van der Waals surface area contributed by atoms with Gasteiger partial charge >= 0.3 is 11.9 Å². The molecule has 2 aliphatic rings. The van der Waals surface area contributed by atoms with Crippen molar-refractivity contribution in [2.24, 2.45) is 0 Å². The fourth-order valence-electron chi connectivity index (χ4n) is 3.95. The van der Waals surface area contributed by atoms with Gasteiger partial charge in [-0.25, -0.2) is 13.2 Å². The van der Waals surface area contributed by atoms with Crippen LogP contribution in [0.15, 0.2) is 34.7 Å². The molecular formula is C22H27N3O8S. The Labute approximate surface area is 197 Å². The third kappa shape index (κ3) is 4.91. The maximum Gasteiger partial charge on any atom is 0.328 e. The highest BCUT2D eigenvalue weighted by Crippen LogP contribution is 2.43. The van der Waals surface area contributed by atoms with Gasteiger partial charge in [-0.3, -0.25) is 18.7 Å². The SMILES string of the molecule is COC(=O)CC[C@@H](NC(=O)[C@H](C)NC(=O)C1=C2c3ccccc3S(=O)(=O)N2CCC1)C(=O)OC. The molecular weight excluding hydrogens is 466 g/mol. The normalized spacial score (nSPS) is 17.7. The van der Waals surface area contributed by atoms with E-state index in [1.807, 2.05) is 0 Å². The van der Waals surface area contributed by atoms with E-state index >= 15 is 0 Å². The Balaban J connectivity index is 1.76. The van der Waals surface area contributed by atoms with Crippen LogP contribution in [0, 0.1) is 0 Å². The van der Waals surface area contributed by atoms with Gasteiger partial charge in [0.2, 0.25) is 11.8 Å². The van der Waals surface area contributed by atoms with Gasteiger partial charge in [0.15, 0.2) is 0 Å². The molecule has 12 heteroatoms. The van der Waals surface area contributed by atoms with Crippen LogP contribution < -0.4 is 10.6 Å². The third-order valence-corrected chi connectivity index (χ3v) is 7.57. The maximum absolute atomic E-state index is 13.1. The number of hydrogen-bond acceptors (Lipinski definition) is 8. The first kappa shape index (κ1) is 25.2. The first-order valence-corrected chi connectivity index (χ1v) is 12.2. The average Bonchev–Trinajstić information content (AvgIpc) is 3.07. The second-order valence-electron chi connectivity index (χ2n) is 7.90. The Morgan fingerprint density at radius 3 is 2.47 bits per heavy atom. The summed E-state index contributed by atoms with van der Waals surface area (Å²) in [6.07, 6.45) is 0.652. The molecule has 2 N–H and O–H groups in total. The molecule has 0 fully saturated rings. The molecule has 1 aromatic carbocycles. The lowest BCUT2D eigenvalue weighted by Gasteiger charge is -2.27. The summed E-state index contributed by atoms with van der Waals surface area (Å²) in [4.78, 5) is 49.3. The van der Waals surface area contributed by atoms with Crippen molar-refractivity contribution in [3.63, 3.8) is 0 Å². The molecule has 0 radical (unpaired) electrons. The maximum atomic E-state index is 13.1. The Hall–Kier alpha value is -3.41. The van der Waals surface area contributed by atoms with Gasteiger partial charge in [-0.2, -0.15) is 0 Å². The molecule has 184 valence electrons. The molecule has 2 heterocycles. The van der Waals surface area contributed by atoms with Crippen molar-refractivity contribution in [3.05, 3.63) is 35.4 Å². The summed E-state index contributed by atoms with van der Waals surface area (Å²) >= 11 is 0. The lowest BCUT2D eigenvalue weighted by Crippen LogP contribution is -2.51. The van der Waals surface area contributed by atoms with E-state index in [0.29, 0.717) is 24.1 Å². The lowest BCUT2D eigenvalue weighted by molar-refractivity contribution is -0.146. The standard InChI is InChI=1S/C22H27N3O8S/c1-13(20(27)24-16(22(29)33-3)10-11-18(26)32-2)23-21(28)15-8-6-12-25-19(15)14-7-4-5-9-17(14)34(25,30)31/h4-5,7,9,13,16H,6,8,10-12H2,1-3H3,(H,23,28)(H,24,27)/t13-,16+/m0/s1. The number of rotatable bonds is 8. The minimum Gasteiger partial charge on any atom is -0.469 e. The highest BCUT2D eigenvalue weighted by molar-refractivity contribution is 7.90. The van der Waals surface area contributed by atoms with E-state index in [4.69, 9.17) is 0 Å². The number of sulfonamides is 1. The monoisotopic (exact) mass is 493 g/mol. The molecule has 3 rings (SSSR count). The second-order valence-corrected chi connectivity index (χ2v) is 9.73. The molecule has 0 spiro atoms. The number of nitrogens with one attached hydrogen (secondary N) is 2. The van der Waals surface area contributed by atoms with Crippen molar-refractivity contribution in [1.82, 2.24) is 14.9 Å². The summed E-state index contributed by atoms with van der Waals surface area (Å²) < 4.78 is 36.2. The van der Waals surface area contributed by atoms with Gasteiger partial charge in [-0.1, -0.05) is 18.2 Å². The summed E-state index contributed by atoms with van der Waals surface area (Å²) in [6, 6.07) is 4.33. The molecule has 0 aliphatic carbocycles. The molecule has 2 aliphatic heterocycles. The number of esters is 2. The van der Waals surface area contributed by atoms with E-state index < -0.39 is 45.9 Å². The molecule has 0 unspecified atom stereocenters. The van der Waals surface area contributed by atoms with Crippen LogP contribution in [0.3, 0.4) is 0 Å². The molecule has 11 nitrogen and oxygen atoms in total. The van der Waals surface area contributed by atoms with Crippen LogP contribution in [0.4, 0.5) is 0 Å². The summed E-state index contributed by atoms with van der Waals surface area (Å²) in [5, 5.41) is 5.06. The zero-order chi connectivity index (χ0) is 25.0. The fraction of sp³-hybridized carbons (Fsp3) is 0.455. The molecule has 0 aromatic heterocycles. The topological polar surface area (TPSA) is 148 Å². The van der Waals surface area contributed by atoms with Gasteiger partial charge in [-0.05, 0) is 32.3 Å². The largest absolute Gasteiger partial charge is 0.469 e. The predicted octanol–water partition coefficient (Wildman–Crippen LogP) is 0.312. The first-order chi connectivity index (χ1) is 16.1. The van der Waals surface area contributed by atoms with Crippen molar-refractivity contribution in [1.29, 1.82) is 0 Å². The molecule has 34 heavy (non-hydrogen) atoms. The van der Waals surface area contributed by atoms with Crippen molar-refractivity contribution in [2.45, 2.75) is 49.6 Å². The molecule has 2 atom stereocenters. The summed E-state index contributed by atoms with van der Waals surface area (Å²) in [5.41, 5.74) is 1.06. The number of methoxy groups -OCH3 is 2. The number of carbonyl (C=O) groups excluding carboxylic acids is 4. The van der Waals surface area contributed by atoms with Gasteiger partial charge < -0.3 is 20.1 Å². The second kappa shape index (κ2) is 10.2. The number of fused-ring (bicyclic) bond motifs is 3. The Kier molecular flexibility index (Phi) is 7.60. The van der Waals surface area contributed by atoms with E-state index in [1.54, 1.807) is 18.2 Å². The zero-order valence-electron chi connectivity index (χ0n) is 19.1. The van der Waals surface area contributed by atoms with E-state index in [1.165, 1.54) is 24.4 Å². The van der Waals surface area contributed by atoms with E-state index in [9.17, 15) is 27.6 Å². The molecule has 1 aromatic rings. The number of carbonyl (C=O) groups is 4. The van der Waals surface area contributed by atoms with Crippen LogP contribution in [0.5, 0.6) is 0 Å².